The van der Waals surface area contributed by atoms with Crippen molar-refractivity contribution < 1.29 is 5.11 Å². The van der Waals surface area contributed by atoms with Crippen molar-refractivity contribution in [1.29, 1.82) is 0 Å². The minimum Gasteiger partial charge on any atom is -0.386 e. The zero-order chi connectivity index (χ0) is 19.9. The van der Waals surface area contributed by atoms with Crippen molar-refractivity contribution in [1.82, 2.24) is 20.0 Å². The van der Waals surface area contributed by atoms with Crippen LogP contribution in [-0.4, -0.2) is 45.9 Å². The van der Waals surface area contributed by atoms with Crippen LogP contribution in [0.2, 0.25) is 4.34 Å². The highest BCUT2D eigenvalue weighted by atomic mass is 127. The Hall–Kier alpha value is -1.62. The van der Waals surface area contributed by atoms with Gasteiger partial charge in [-0.15, -0.1) is 35.3 Å². The molecule has 1 unspecified atom stereocenters. The second-order valence-corrected chi connectivity index (χ2v) is 8.08. The van der Waals surface area contributed by atoms with Gasteiger partial charge in [-0.3, -0.25) is 4.99 Å². The molecule has 0 amide bonds. The van der Waals surface area contributed by atoms with E-state index in [-0.39, 0.29) is 30.5 Å². The van der Waals surface area contributed by atoms with E-state index in [1.807, 2.05) is 72.3 Å². The first-order chi connectivity index (χ1) is 13.6. The van der Waals surface area contributed by atoms with E-state index in [4.69, 9.17) is 11.6 Å². The highest BCUT2D eigenvalue weighted by Gasteiger charge is 2.13. The van der Waals surface area contributed by atoms with Crippen molar-refractivity contribution >= 4 is 52.9 Å². The summed E-state index contributed by atoms with van der Waals surface area (Å²) in [7, 11) is 1.97. The number of nitrogens with zero attached hydrogens (tertiary/aromatic N) is 4. The quantitative estimate of drug-likeness (QED) is 0.263. The maximum absolute atomic E-state index is 10.3. The molecule has 0 spiro atoms. The number of rotatable bonds is 7. The fraction of sp³-hybridized carbons (Fsp3) is 0.300. The number of aliphatic hydroxyl groups is 1. The van der Waals surface area contributed by atoms with Crippen molar-refractivity contribution in [2.24, 2.45) is 4.99 Å². The molecule has 3 aromatic rings. The van der Waals surface area contributed by atoms with Crippen LogP contribution in [-0.2, 0) is 6.54 Å². The number of benzene rings is 1. The number of nitrogens with one attached hydrogen (secondary N) is 1. The molecule has 0 aliphatic carbocycles. The number of guanidine groups is 1. The molecule has 3 rings (SSSR count). The van der Waals surface area contributed by atoms with Crippen LogP contribution in [0.5, 0.6) is 0 Å². The van der Waals surface area contributed by atoms with E-state index in [2.05, 4.69) is 15.4 Å². The fourth-order valence-electron chi connectivity index (χ4n) is 2.75. The Balaban J connectivity index is 0.00000300. The third kappa shape index (κ3) is 6.70. The monoisotopic (exact) mass is 545 g/mol. The predicted molar refractivity (Wildman–Crippen MR) is 131 cm³/mol. The summed E-state index contributed by atoms with van der Waals surface area (Å²) in [5, 5.41) is 18.0. The minimum absolute atomic E-state index is 0. The van der Waals surface area contributed by atoms with Crippen LogP contribution in [0.1, 0.15) is 23.5 Å². The molecule has 1 atom stereocenters. The van der Waals surface area contributed by atoms with Gasteiger partial charge in [0.1, 0.15) is 6.10 Å². The molecular formula is C20H25ClIN5OS. The zero-order valence-electron chi connectivity index (χ0n) is 16.3. The van der Waals surface area contributed by atoms with E-state index < -0.39 is 6.10 Å². The van der Waals surface area contributed by atoms with Crippen LogP contribution in [0.3, 0.4) is 0 Å². The predicted octanol–water partition coefficient (Wildman–Crippen LogP) is 4.34. The Bertz CT molecular complexity index is 915. The third-order valence-corrected chi connectivity index (χ3v) is 5.44. The normalized spacial score (nSPS) is 12.3. The van der Waals surface area contributed by atoms with E-state index in [0.717, 1.165) is 28.6 Å². The smallest absolute Gasteiger partial charge is 0.194 e. The van der Waals surface area contributed by atoms with Gasteiger partial charge in [-0.05, 0) is 31.2 Å². The third-order valence-electron chi connectivity index (χ3n) is 4.11. The molecule has 156 valence electrons. The van der Waals surface area contributed by atoms with Crippen LogP contribution >= 0.6 is 46.9 Å². The van der Waals surface area contributed by atoms with E-state index in [9.17, 15) is 5.11 Å². The summed E-state index contributed by atoms with van der Waals surface area (Å²) in [6.45, 7) is 3.69. The lowest BCUT2D eigenvalue weighted by Gasteiger charge is -2.21. The molecule has 0 saturated heterocycles. The van der Waals surface area contributed by atoms with Crippen LogP contribution in [0.4, 0.5) is 0 Å². The van der Waals surface area contributed by atoms with Crippen LogP contribution < -0.4 is 5.32 Å². The van der Waals surface area contributed by atoms with Gasteiger partial charge in [0, 0.05) is 36.8 Å². The molecule has 1 aromatic carbocycles. The van der Waals surface area contributed by atoms with Crippen LogP contribution in [0.25, 0.3) is 5.69 Å². The van der Waals surface area contributed by atoms with Gasteiger partial charge in [-0.25, -0.2) is 4.68 Å². The molecule has 2 heterocycles. The van der Waals surface area contributed by atoms with Crippen LogP contribution in [0.15, 0.2) is 59.9 Å². The summed E-state index contributed by atoms with van der Waals surface area (Å²) >= 11 is 7.32. The maximum Gasteiger partial charge on any atom is 0.194 e. The van der Waals surface area contributed by atoms with Gasteiger partial charge in [0.25, 0.3) is 0 Å². The number of hydrogen-bond acceptors (Lipinski definition) is 4. The average Bonchev–Trinajstić information content (AvgIpc) is 3.34. The molecule has 2 N–H and O–H groups in total. The Kier molecular flexibility index (Phi) is 9.41. The van der Waals surface area contributed by atoms with E-state index >= 15 is 0 Å². The molecule has 0 saturated carbocycles. The standard InChI is InChI=1S/C20H24ClN5OS.HI/c1-3-22-20(23-12-17(27)18-9-10-19(21)28-18)25(2)13-15-11-24-26(14-15)16-7-5-4-6-8-16;/h4-11,14,17,27H,3,12-13H2,1-2H3,(H,22,23);1H. The number of hydrogen-bond donors (Lipinski definition) is 2. The molecule has 0 bridgehead atoms. The molecule has 2 aromatic heterocycles. The maximum atomic E-state index is 10.3. The van der Waals surface area contributed by atoms with Gasteiger partial charge in [0.2, 0.25) is 0 Å². The highest BCUT2D eigenvalue weighted by Crippen LogP contribution is 2.27. The summed E-state index contributed by atoms with van der Waals surface area (Å²) in [6, 6.07) is 13.6. The number of para-hydroxylation sites is 1. The van der Waals surface area contributed by atoms with Crippen molar-refractivity contribution in [3.05, 3.63) is 69.6 Å². The Labute approximate surface area is 197 Å². The van der Waals surface area contributed by atoms with Gasteiger partial charge in [0.05, 0.1) is 22.8 Å². The number of aliphatic imine (C=N–C) groups is 1. The summed E-state index contributed by atoms with van der Waals surface area (Å²) in [5.74, 6) is 0.733. The molecule has 29 heavy (non-hydrogen) atoms. The molecule has 0 aliphatic heterocycles. The largest absolute Gasteiger partial charge is 0.386 e. The molecular weight excluding hydrogens is 521 g/mol. The fourth-order valence-corrected chi connectivity index (χ4v) is 3.79. The van der Waals surface area contributed by atoms with Crippen molar-refractivity contribution in [2.75, 3.05) is 20.1 Å². The second kappa shape index (κ2) is 11.5. The van der Waals surface area contributed by atoms with E-state index in [0.29, 0.717) is 10.9 Å². The number of aliphatic hydroxyl groups excluding tert-OH is 1. The van der Waals surface area contributed by atoms with Gasteiger partial charge in [-0.2, -0.15) is 5.10 Å². The van der Waals surface area contributed by atoms with Gasteiger partial charge in [-0.1, -0.05) is 29.8 Å². The number of aromatic nitrogens is 2. The lowest BCUT2D eigenvalue weighted by Crippen LogP contribution is -2.38. The molecule has 0 fully saturated rings. The highest BCUT2D eigenvalue weighted by molar-refractivity contribution is 14.0. The molecule has 0 aliphatic rings. The van der Waals surface area contributed by atoms with Crippen LogP contribution in [0, 0.1) is 0 Å². The van der Waals surface area contributed by atoms with Gasteiger partial charge in [0.15, 0.2) is 5.96 Å². The number of thiophene rings is 1. The summed E-state index contributed by atoms with van der Waals surface area (Å²) in [5.41, 5.74) is 2.09. The first-order valence-corrected chi connectivity index (χ1v) is 10.3. The van der Waals surface area contributed by atoms with E-state index in [1.165, 1.54) is 11.3 Å². The molecule has 6 nitrogen and oxygen atoms in total. The zero-order valence-corrected chi connectivity index (χ0v) is 20.2. The minimum atomic E-state index is -0.666. The molecule has 0 radical (unpaired) electrons. The lowest BCUT2D eigenvalue weighted by atomic mass is 10.3. The average molecular weight is 546 g/mol. The van der Waals surface area contributed by atoms with Gasteiger partial charge >= 0.3 is 0 Å². The first kappa shape index (κ1) is 23.7. The Morgan fingerprint density at radius 1 is 1.31 bits per heavy atom. The topological polar surface area (TPSA) is 65.7 Å². The van der Waals surface area contributed by atoms with E-state index in [1.54, 1.807) is 6.07 Å². The molecule has 9 heteroatoms. The Morgan fingerprint density at radius 2 is 2.07 bits per heavy atom. The second-order valence-electron chi connectivity index (χ2n) is 6.34. The summed E-state index contributed by atoms with van der Waals surface area (Å²) in [4.78, 5) is 7.41. The van der Waals surface area contributed by atoms with Gasteiger partial charge < -0.3 is 15.3 Å². The van der Waals surface area contributed by atoms with Crippen molar-refractivity contribution in [2.45, 2.75) is 19.6 Å². The summed E-state index contributed by atoms with van der Waals surface area (Å²) < 4.78 is 2.52. The van der Waals surface area contributed by atoms with Crippen molar-refractivity contribution in [3.8, 4) is 5.69 Å². The first-order valence-electron chi connectivity index (χ1n) is 9.08. The number of halogens is 2. The van der Waals surface area contributed by atoms with Crippen molar-refractivity contribution in [3.63, 3.8) is 0 Å². The lowest BCUT2D eigenvalue weighted by molar-refractivity contribution is 0.190. The Morgan fingerprint density at radius 3 is 2.72 bits per heavy atom. The summed E-state index contributed by atoms with van der Waals surface area (Å²) in [6.07, 6.45) is 3.20. The SMILES string of the molecule is CCNC(=NCC(O)c1ccc(Cl)s1)N(C)Cc1cnn(-c2ccccc2)c1.I.